The van der Waals surface area contributed by atoms with Crippen LogP contribution in [0.15, 0.2) is 42.5 Å². The Morgan fingerprint density at radius 1 is 0.964 bits per heavy atom. The monoisotopic (exact) mass is 792 g/mol. The molecule has 306 valence electrons. The van der Waals surface area contributed by atoms with Crippen LogP contribution in [0.25, 0.3) is 0 Å². The number of ether oxygens (including phenoxy) is 4. The smallest absolute Gasteiger partial charge is 0.418 e. The number of hydrogen-bond donors (Lipinski definition) is 2. The summed E-state index contributed by atoms with van der Waals surface area (Å²) >= 11 is 0. The molecule has 2 N–H and O–H groups in total. The molecule has 0 aromatic heterocycles. The van der Waals surface area contributed by atoms with E-state index in [1.165, 1.54) is 12.1 Å². The number of carbonyl (C=O) groups is 5. The van der Waals surface area contributed by atoms with Crippen molar-refractivity contribution in [1.82, 2.24) is 15.1 Å². The zero-order chi connectivity index (χ0) is 40.3. The number of nitrogens with zero attached hydrogens (tertiary/aromatic N) is 2. The van der Waals surface area contributed by atoms with E-state index >= 15 is 0 Å². The first kappa shape index (κ1) is 42.5. The van der Waals surface area contributed by atoms with Crippen LogP contribution in [0.1, 0.15) is 62.1 Å². The molecule has 0 radical (unpaired) electrons. The number of ketones is 1. The minimum Gasteiger partial charge on any atom is -0.427 e. The molecular weight excluding hydrogens is 744 g/mol. The molecule has 2 aromatic carbocycles. The molecule has 3 aliphatic rings. The number of carbonyl (C=O) groups excluding carboxylic acids is 5. The van der Waals surface area contributed by atoms with Gasteiger partial charge in [0.05, 0.1) is 33.0 Å². The maximum atomic E-state index is 13.8. The van der Waals surface area contributed by atoms with Crippen LogP contribution in [0.5, 0.6) is 0 Å². The third kappa shape index (κ3) is 11.0. The van der Waals surface area contributed by atoms with Crippen molar-refractivity contribution in [3.05, 3.63) is 65.0 Å². The van der Waals surface area contributed by atoms with Gasteiger partial charge in [0.2, 0.25) is 17.4 Å². The van der Waals surface area contributed by atoms with Gasteiger partial charge >= 0.3 is 12.3 Å². The van der Waals surface area contributed by atoms with E-state index in [-0.39, 0.29) is 42.6 Å². The first-order valence-corrected chi connectivity index (χ1v) is 18.8. The number of alkyl halides is 3. The normalized spacial score (nSPS) is 18.6. The van der Waals surface area contributed by atoms with Gasteiger partial charge in [0, 0.05) is 49.6 Å². The van der Waals surface area contributed by atoms with Crippen LogP contribution in [-0.2, 0) is 56.7 Å². The third-order valence-corrected chi connectivity index (χ3v) is 10.2. The van der Waals surface area contributed by atoms with Crippen LogP contribution in [0, 0.1) is 11.7 Å². The molecule has 17 heteroatoms. The van der Waals surface area contributed by atoms with E-state index in [0.29, 0.717) is 79.2 Å². The van der Waals surface area contributed by atoms with Gasteiger partial charge in [-0.25, -0.2) is 14.1 Å². The lowest BCUT2D eigenvalue weighted by molar-refractivity contribution is -0.187. The predicted molar refractivity (Wildman–Crippen MR) is 193 cm³/mol. The summed E-state index contributed by atoms with van der Waals surface area (Å²) in [6.45, 7) is 1.73. The zero-order valence-electron chi connectivity index (χ0n) is 31.3. The van der Waals surface area contributed by atoms with Gasteiger partial charge in [0.25, 0.3) is 5.91 Å². The Hall–Kier alpha value is -4.61. The molecule has 1 heterocycles. The molecule has 2 aliphatic carbocycles. The van der Waals surface area contributed by atoms with Crippen LogP contribution in [0.3, 0.4) is 0 Å². The Kier molecular flexibility index (Phi) is 14.8. The van der Waals surface area contributed by atoms with E-state index in [4.69, 9.17) is 18.9 Å². The highest BCUT2D eigenvalue weighted by Gasteiger charge is 2.58. The largest absolute Gasteiger partial charge is 0.427 e. The Morgan fingerprint density at radius 3 is 2.34 bits per heavy atom. The van der Waals surface area contributed by atoms with Crippen LogP contribution in [0.4, 0.5) is 28.0 Å². The fraction of sp³-hybridized carbons (Fsp3) is 0.564. The number of aryl methyl sites for hydroxylation is 1. The number of imide groups is 1. The summed E-state index contributed by atoms with van der Waals surface area (Å²) in [6.07, 6.45) is -1.24. The maximum absolute atomic E-state index is 13.8. The fourth-order valence-electron chi connectivity index (χ4n) is 7.04. The van der Waals surface area contributed by atoms with Gasteiger partial charge in [0.15, 0.2) is 5.78 Å². The van der Waals surface area contributed by atoms with Crippen molar-refractivity contribution in [2.45, 2.75) is 76.2 Å². The highest BCUT2D eigenvalue weighted by Crippen LogP contribution is 2.46. The highest BCUT2D eigenvalue weighted by atomic mass is 19.4. The molecule has 56 heavy (non-hydrogen) atoms. The van der Waals surface area contributed by atoms with Crippen LogP contribution >= 0.6 is 0 Å². The van der Waals surface area contributed by atoms with E-state index in [1.54, 1.807) is 18.2 Å². The van der Waals surface area contributed by atoms with Crippen molar-refractivity contribution in [3.8, 4) is 0 Å². The molecule has 4 amide bonds. The van der Waals surface area contributed by atoms with E-state index in [1.807, 2.05) is 0 Å². The zero-order valence-corrected chi connectivity index (χ0v) is 31.3. The van der Waals surface area contributed by atoms with Crippen molar-refractivity contribution in [2.24, 2.45) is 5.92 Å². The molecular formula is C39H48F4N4O9. The van der Waals surface area contributed by atoms with Crippen LogP contribution in [-0.4, -0.2) is 111 Å². The SMILES string of the molecule is C[C@H](N(Cc1ccc(F)cc1)C(=O)CN1C(=O)O[C@@]2(CCc3cc(NCCC(=O)NCCOCCOCCOCC(=O)C4CCCC4)ccc32)C1=O)C(F)(F)F. The number of nitrogens with one attached hydrogen (secondary N) is 2. The molecule has 2 aromatic rings. The lowest BCUT2D eigenvalue weighted by atomic mass is 9.94. The Morgan fingerprint density at radius 2 is 1.64 bits per heavy atom. The van der Waals surface area contributed by atoms with Gasteiger partial charge in [-0.15, -0.1) is 0 Å². The number of halogens is 4. The number of anilines is 1. The summed E-state index contributed by atoms with van der Waals surface area (Å²) in [5.74, 6) is -2.47. The molecule has 5 rings (SSSR count). The molecule has 13 nitrogen and oxygen atoms in total. The average molecular weight is 793 g/mol. The summed E-state index contributed by atoms with van der Waals surface area (Å²) in [7, 11) is 0. The third-order valence-electron chi connectivity index (χ3n) is 10.2. The predicted octanol–water partition coefficient (Wildman–Crippen LogP) is 4.65. The fourth-order valence-corrected chi connectivity index (χ4v) is 7.04. The lowest BCUT2D eigenvalue weighted by Crippen LogP contribution is -2.51. The second-order valence-electron chi connectivity index (χ2n) is 14.1. The summed E-state index contributed by atoms with van der Waals surface area (Å²) in [4.78, 5) is 65.2. The van der Waals surface area contributed by atoms with E-state index in [0.717, 1.165) is 44.7 Å². The number of Topliss-reactive ketones (excluding diaryl/α,β-unsaturated/α-hetero) is 1. The van der Waals surface area contributed by atoms with Crippen molar-refractivity contribution in [2.75, 3.05) is 64.6 Å². The lowest BCUT2D eigenvalue weighted by Gasteiger charge is -2.31. The van der Waals surface area contributed by atoms with E-state index in [2.05, 4.69) is 10.6 Å². The molecule has 1 aliphatic heterocycles. The summed E-state index contributed by atoms with van der Waals surface area (Å²) in [5.41, 5.74) is 0.264. The van der Waals surface area contributed by atoms with Gasteiger partial charge in [0.1, 0.15) is 25.0 Å². The topological polar surface area (TPSA) is 153 Å². The molecule has 0 bridgehead atoms. The molecule has 2 atom stereocenters. The van der Waals surface area contributed by atoms with Gasteiger partial charge in [-0.1, -0.05) is 31.0 Å². The molecule has 2 fully saturated rings. The molecule has 1 saturated carbocycles. The second-order valence-corrected chi connectivity index (χ2v) is 14.1. The first-order chi connectivity index (χ1) is 26.8. The first-order valence-electron chi connectivity index (χ1n) is 18.8. The maximum Gasteiger partial charge on any atom is 0.418 e. The minimum atomic E-state index is -4.81. The molecule has 1 saturated heterocycles. The van der Waals surface area contributed by atoms with Crippen molar-refractivity contribution >= 4 is 35.3 Å². The van der Waals surface area contributed by atoms with Crippen LogP contribution < -0.4 is 10.6 Å². The number of rotatable bonds is 21. The molecule has 0 unspecified atom stereocenters. The van der Waals surface area contributed by atoms with Crippen molar-refractivity contribution in [1.29, 1.82) is 0 Å². The summed E-state index contributed by atoms with van der Waals surface area (Å²) in [5, 5.41) is 5.93. The number of fused-ring (bicyclic) bond motifs is 2. The highest BCUT2D eigenvalue weighted by molar-refractivity contribution is 6.06. The quantitative estimate of drug-likeness (QED) is 0.135. The number of benzene rings is 2. The Bertz CT molecular complexity index is 1700. The van der Waals surface area contributed by atoms with E-state index < -0.39 is 54.6 Å². The van der Waals surface area contributed by atoms with Crippen LogP contribution in [0.2, 0.25) is 0 Å². The van der Waals surface area contributed by atoms with Gasteiger partial charge in [-0.3, -0.25) is 19.2 Å². The van der Waals surface area contributed by atoms with Crippen molar-refractivity contribution < 1.29 is 60.5 Å². The average Bonchev–Trinajstić information content (AvgIpc) is 3.89. The van der Waals surface area contributed by atoms with E-state index in [9.17, 15) is 41.5 Å². The standard InChI is InChI=1S/C39H48F4N4O9/c1-26(39(41,42)43)46(23-27-6-8-30(40)9-7-27)35(50)24-47-36(51)38(56-37(47)52)14-12-29-22-31(10-11-32(29)38)44-15-13-34(49)45-16-17-53-18-19-54-20-21-55-25-33(48)28-4-2-3-5-28/h6-11,22,26,28,44H,2-5,12-21,23-25H2,1H3,(H,45,49)/t26-,38+/m0/s1. The number of amides is 4. The number of hydrogen-bond acceptors (Lipinski definition) is 10. The molecule has 1 spiro atoms. The minimum absolute atomic E-state index is 0.0762. The summed E-state index contributed by atoms with van der Waals surface area (Å²) in [6, 6.07) is 7.37. The Balaban J connectivity index is 1.01. The van der Waals surface area contributed by atoms with Gasteiger partial charge in [-0.05, 0) is 61.6 Å². The van der Waals surface area contributed by atoms with Gasteiger partial charge in [-0.2, -0.15) is 13.2 Å². The van der Waals surface area contributed by atoms with Crippen molar-refractivity contribution in [3.63, 3.8) is 0 Å². The Labute approximate surface area is 322 Å². The summed E-state index contributed by atoms with van der Waals surface area (Å²) < 4.78 is 76.5. The second kappa shape index (κ2) is 19.5. The van der Waals surface area contributed by atoms with Gasteiger partial charge < -0.3 is 34.5 Å².